The Bertz CT molecular complexity index is 794. The largest absolute Gasteiger partial charge is 0.339 e. The molecule has 3 heterocycles. The van der Waals surface area contributed by atoms with Crippen molar-refractivity contribution in [2.24, 2.45) is 11.1 Å². The van der Waals surface area contributed by atoms with E-state index in [1.165, 1.54) is 18.3 Å². The molecule has 0 bridgehead atoms. The first kappa shape index (κ1) is 16.6. The number of nitrogens with zero attached hydrogens (tertiary/aromatic N) is 4. The van der Waals surface area contributed by atoms with Crippen molar-refractivity contribution >= 4 is 15.9 Å². The van der Waals surface area contributed by atoms with E-state index in [0.717, 1.165) is 19.4 Å². The number of piperidine rings is 1. The van der Waals surface area contributed by atoms with Crippen molar-refractivity contribution in [3.63, 3.8) is 0 Å². The molecule has 0 aromatic carbocycles. The number of rotatable bonds is 4. The number of nitrogens with two attached hydrogens (primary N) is 1. The molecular weight excluding hydrogens is 330 g/mol. The summed E-state index contributed by atoms with van der Waals surface area (Å²) in [6, 6.07) is 4.61. The van der Waals surface area contributed by atoms with E-state index in [4.69, 9.17) is 5.14 Å². The van der Waals surface area contributed by atoms with Crippen molar-refractivity contribution in [1.29, 1.82) is 0 Å². The Hall–Kier alpha value is -2.26. The summed E-state index contributed by atoms with van der Waals surface area (Å²) >= 11 is 0. The molecule has 2 aromatic rings. The molecule has 0 radical (unpaired) electrons. The second-order valence-corrected chi connectivity index (χ2v) is 7.40. The van der Waals surface area contributed by atoms with Crippen LogP contribution in [0.4, 0.5) is 0 Å². The molecule has 2 N–H and O–H groups in total. The van der Waals surface area contributed by atoms with Crippen LogP contribution in [-0.2, 0) is 16.6 Å². The fraction of sp³-hybridized carbons (Fsp3) is 0.400. The van der Waals surface area contributed by atoms with Crippen LogP contribution in [0.5, 0.6) is 0 Å². The molecule has 128 valence electrons. The van der Waals surface area contributed by atoms with Crippen molar-refractivity contribution < 1.29 is 13.2 Å². The molecule has 1 amide bonds. The molecule has 0 unspecified atom stereocenters. The monoisotopic (exact) mass is 349 g/mol. The maximum absolute atomic E-state index is 12.5. The zero-order chi connectivity index (χ0) is 17.2. The molecule has 1 aliphatic heterocycles. The van der Waals surface area contributed by atoms with Gasteiger partial charge in [-0.15, -0.1) is 0 Å². The van der Waals surface area contributed by atoms with E-state index in [1.807, 2.05) is 16.9 Å². The third-order valence-electron chi connectivity index (χ3n) is 4.18. The first-order chi connectivity index (χ1) is 11.4. The van der Waals surface area contributed by atoms with E-state index in [2.05, 4.69) is 10.1 Å². The zero-order valence-corrected chi connectivity index (χ0v) is 13.9. The van der Waals surface area contributed by atoms with Crippen LogP contribution in [0, 0.1) is 5.92 Å². The molecular formula is C15H19N5O3S. The summed E-state index contributed by atoms with van der Waals surface area (Å²) in [6.45, 7) is 2.20. The molecule has 2 aromatic heterocycles. The molecule has 9 heteroatoms. The number of carbonyl (C=O) groups excluding carboxylic acids is 1. The smallest absolute Gasteiger partial charge is 0.255 e. The maximum atomic E-state index is 12.5. The minimum absolute atomic E-state index is 0.138. The lowest BCUT2D eigenvalue weighted by molar-refractivity contribution is 0.0680. The summed E-state index contributed by atoms with van der Waals surface area (Å²) in [5, 5.41) is 8.97. The second kappa shape index (κ2) is 6.70. The number of hydrogen-bond acceptors (Lipinski definition) is 5. The number of likely N-dealkylation sites (tertiary alicyclic amines) is 1. The van der Waals surface area contributed by atoms with E-state index in [9.17, 15) is 13.2 Å². The van der Waals surface area contributed by atoms with Gasteiger partial charge in [0.05, 0.1) is 5.56 Å². The van der Waals surface area contributed by atoms with Crippen molar-refractivity contribution in [2.75, 3.05) is 13.1 Å². The van der Waals surface area contributed by atoms with Gasteiger partial charge in [0.1, 0.15) is 0 Å². The van der Waals surface area contributed by atoms with Gasteiger partial charge in [-0.3, -0.25) is 9.48 Å². The third kappa shape index (κ3) is 3.80. The standard InChI is InChI=1S/C15H19N5O3S/c16-24(22,23)14-3-2-13(10-17-14)15(21)19-8-4-12(5-9-19)11-20-7-1-6-18-20/h1-3,6-7,10,12H,4-5,8-9,11H2,(H2,16,22,23). The maximum Gasteiger partial charge on any atom is 0.255 e. The predicted molar refractivity (Wildman–Crippen MR) is 86.5 cm³/mol. The SMILES string of the molecule is NS(=O)(=O)c1ccc(C(=O)N2CCC(Cn3cccn3)CC2)cn1. The Morgan fingerprint density at radius 2 is 2.04 bits per heavy atom. The zero-order valence-electron chi connectivity index (χ0n) is 13.1. The van der Waals surface area contributed by atoms with Crippen LogP contribution in [-0.4, -0.2) is 47.1 Å². The summed E-state index contributed by atoms with van der Waals surface area (Å²) < 4.78 is 24.3. The van der Waals surface area contributed by atoms with E-state index >= 15 is 0 Å². The number of primary sulfonamides is 1. The van der Waals surface area contributed by atoms with Crippen molar-refractivity contribution in [3.05, 3.63) is 42.4 Å². The highest BCUT2D eigenvalue weighted by molar-refractivity contribution is 7.89. The van der Waals surface area contributed by atoms with Gasteiger partial charge in [-0.25, -0.2) is 18.5 Å². The third-order valence-corrected chi connectivity index (χ3v) is 5.01. The minimum atomic E-state index is -3.85. The van der Waals surface area contributed by atoms with Gasteiger partial charge < -0.3 is 4.90 Å². The van der Waals surface area contributed by atoms with Crippen LogP contribution in [0.3, 0.4) is 0 Å². The normalized spacial score (nSPS) is 16.3. The van der Waals surface area contributed by atoms with Crippen molar-refractivity contribution in [1.82, 2.24) is 19.7 Å². The molecule has 0 saturated carbocycles. The molecule has 0 spiro atoms. The summed E-state index contributed by atoms with van der Waals surface area (Å²) in [5.74, 6) is 0.359. The second-order valence-electron chi connectivity index (χ2n) is 5.89. The number of amides is 1. The quantitative estimate of drug-likeness (QED) is 0.863. The van der Waals surface area contributed by atoms with E-state index in [0.29, 0.717) is 24.6 Å². The molecule has 3 rings (SSSR count). The molecule has 1 aliphatic rings. The number of hydrogen-bond donors (Lipinski definition) is 1. The fourth-order valence-corrected chi connectivity index (χ4v) is 3.31. The average molecular weight is 349 g/mol. The van der Waals surface area contributed by atoms with Gasteiger partial charge >= 0.3 is 0 Å². The fourth-order valence-electron chi connectivity index (χ4n) is 2.85. The lowest BCUT2D eigenvalue weighted by atomic mass is 9.96. The average Bonchev–Trinajstić information content (AvgIpc) is 3.07. The first-order valence-corrected chi connectivity index (χ1v) is 9.23. The van der Waals surface area contributed by atoms with Gasteiger partial charge in [0, 0.05) is 38.2 Å². The van der Waals surface area contributed by atoms with Crippen LogP contribution >= 0.6 is 0 Å². The highest BCUT2D eigenvalue weighted by Gasteiger charge is 2.24. The highest BCUT2D eigenvalue weighted by atomic mass is 32.2. The number of aromatic nitrogens is 3. The number of sulfonamides is 1. The molecule has 1 fully saturated rings. The van der Waals surface area contributed by atoms with Gasteiger partial charge in [0.25, 0.3) is 15.9 Å². The highest BCUT2D eigenvalue weighted by Crippen LogP contribution is 2.20. The summed E-state index contributed by atoms with van der Waals surface area (Å²) in [6.07, 6.45) is 6.79. The topological polar surface area (TPSA) is 111 Å². The van der Waals surface area contributed by atoms with Crippen molar-refractivity contribution in [2.45, 2.75) is 24.4 Å². The van der Waals surface area contributed by atoms with Gasteiger partial charge in [-0.2, -0.15) is 5.10 Å². The minimum Gasteiger partial charge on any atom is -0.339 e. The Morgan fingerprint density at radius 3 is 2.58 bits per heavy atom. The Labute approximate surface area is 140 Å². The van der Waals surface area contributed by atoms with Crippen LogP contribution in [0.25, 0.3) is 0 Å². The molecule has 24 heavy (non-hydrogen) atoms. The molecule has 0 atom stereocenters. The first-order valence-electron chi connectivity index (χ1n) is 7.69. The summed E-state index contributed by atoms with van der Waals surface area (Å²) in [7, 11) is -3.85. The Kier molecular flexibility index (Phi) is 4.63. The molecule has 1 saturated heterocycles. The van der Waals surface area contributed by atoms with Crippen LogP contribution in [0.1, 0.15) is 23.2 Å². The Balaban J connectivity index is 1.59. The Morgan fingerprint density at radius 1 is 1.29 bits per heavy atom. The van der Waals surface area contributed by atoms with E-state index in [-0.39, 0.29) is 10.9 Å². The lowest BCUT2D eigenvalue weighted by Gasteiger charge is -2.32. The summed E-state index contributed by atoms with van der Waals surface area (Å²) in [5.41, 5.74) is 0.368. The van der Waals surface area contributed by atoms with Gasteiger partial charge in [-0.05, 0) is 37.0 Å². The summed E-state index contributed by atoms with van der Waals surface area (Å²) in [4.78, 5) is 18.0. The van der Waals surface area contributed by atoms with Crippen LogP contribution in [0.2, 0.25) is 0 Å². The van der Waals surface area contributed by atoms with E-state index in [1.54, 1.807) is 11.1 Å². The number of carbonyl (C=O) groups is 1. The molecule has 8 nitrogen and oxygen atoms in total. The van der Waals surface area contributed by atoms with Crippen LogP contribution in [0.15, 0.2) is 41.8 Å². The number of pyridine rings is 1. The van der Waals surface area contributed by atoms with Crippen molar-refractivity contribution in [3.8, 4) is 0 Å². The van der Waals surface area contributed by atoms with Gasteiger partial charge in [0.15, 0.2) is 5.03 Å². The van der Waals surface area contributed by atoms with Gasteiger partial charge in [-0.1, -0.05) is 0 Å². The lowest BCUT2D eigenvalue weighted by Crippen LogP contribution is -2.39. The molecule has 0 aliphatic carbocycles. The van der Waals surface area contributed by atoms with Crippen LogP contribution < -0.4 is 5.14 Å². The predicted octanol–water partition coefficient (Wildman–Crippen LogP) is 0.478. The van der Waals surface area contributed by atoms with Gasteiger partial charge in [0.2, 0.25) is 0 Å². The van der Waals surface area contributed by atoms with E-state index < -0.39 is 10.0 Å².